The highest BCUT2D eigenvalue weighted by Crippen LogP contribution is 2.26. The zero-order valence-corrected chi connectivity index (χ0v) is 16.3. The summed E-state index contributed by atoms with van der Waals surface area (Å²) in [6.45, 7) is 3.89. The third kappa shape index (κ3) is 4.00. The molecular weight excluding hydrogens is 374 g/mol. The summed E-state index contributed by atoms with van der Waals surface area (Å²) in [5.41, 5.74) is 1.51. The molecule has 3 rings (SSSR count). The Kier molecular flexibility index (Phi) is 5.49. The standard InChI is InChI=1S/C17H21N3O4S2/c1-19-8-10-20(11-9-19)14-5-3-13(4-6-14)18-26(22,23)15-7-12-25-16(15)17(21)24-2/h3-7,12,18H,8-11H2,1-2H3. The van der Waals surface area contributed by atoms with E-state index >= 15 is 0 Å². The summed E-state index contributed by atoms with van der Waals surface area (Å²) < 4.78 is 32.4. The number of likely N-dealkylation sites (N-methyl/N-ethyl adjacent to an activating group) is 1. The van der Waals surface area contributed by atoms with Crippen LogP contribution in [0.1, 0.15) is 9.67 Å². The number of nitrogens with zero attached hydrogens (tertiary/aromatic N) is 2. The number of thiophene rings is 1. The van der Waals surface area contributed by atoms with Crippen LogP contribution in [0.25, 0.3) is 0 Å². The molecular formula is C17H21N3O4S2. The summed E-state index contributed by atoms with van der Waals surface area (Å²) in [5.74, 6) is -0.661. The van der Waals surface area contributed by atoms with Gasteiger partial charge in [0.25, 0.3) is 10.0 Å². The fourth-order valence-corrected chi connectivity index (χ4v) is 5.16. The van der Waals surface area contributed by atoms with Gasteiger partial charge in [-0.05, 0) is 42.8 Å². The van der Waals surface area contributed by atoms with Crippen molar-refractivity contribution in [2.75, 3.05) is 50.0 Å². The summed E-state index contributed by atoms with van der Waals surface area (Å²) in [4.78, 5) is 16.3. The molecule has 2 heterocycles. The van der Waals surface area contributed by atoms with Crippen LogP contribution in [0.5, 0.6) is 0 Å². The van der Waals surface area contributed by atoms with Crippen LogP contribution in [0, 0.1) is 0 Å². The van der Waals surface area contributed by atoms with Crippen LogP contribution in [0.4, 0.5) is 11.4 Å². The summed E-state index contributed by atoms with van der Waals surface area (Å²) in [6.07, 6.45) is 0. The second-order valence-corrected chi connectivity index (χ2v) is 8.62. The highest BCUT2D eigenvalue weighted by atomic mass is 32.2. The summed E-state index contributed by atoms with van der Waals surface area (Å²) >= 11 is 1.04. The van der Waals surface area contributed by atoms with E-state index in [2.05, 4.69) is 26.3 Å². The minimum atomic E-state index is -3.86. The lowest BCUT2D eigenvalue weighted by molar-refractivity contribution is 0.0602. The van der Waals surface area contributed by atoms with E-state index < -0.39 is 16.0 Å². The second kappa shape index (κ2) is 7.65. The van der Waals surface area contributed by atoms with E-state index in [0.717, 1.165) is 43.2 Å². The molecule has 1 aliphatic heterocycles. The Morgan fingerprint density at radius 1 is 1.12 bits per heavy atom. The maximum Gasteiger partial charge on any atom is 0.349 e. The van der Waals surface area contributed by atoms with E-state index in [4.69, 9.17) is 0 Å². The lowest BCUT2D eigenvalue weighted by Crippen LogP contribution is -2.44. The van der Waals surface area contributed by atoms with Crippen LogP contribution >= 0.6 is 11.3 Å². The van der Waals surface area contributed by atoms with Gasteiger partial charge in [0.15, 0.2) is 0 Å². The van der Waals surface area contributed by atoms with Gasteiger partial charge < -0.3 is 14.5 Å². The quantitative estimate of drug-likeness (QED) is 0.781. The predicted molar refractivity (Wildman–Crippen MR) is 103 cm³/mol. The van der Waals surface area contributed by atoms with Gasteiger partial charge in [-0.1, -0.05) is 0 Å². The summed E-state index contributed by atoms with van der Waals surface area (Å²) in [6, 6.07) is 8.67. The molecule has 0 spiro atoms. The maximum absolute atomic E-state index is 12.6. The fourth-order valence-electron chi connectivity index (χ4n) is 2.77. The van der Waals surface area contributed by atoms with E-state index in [1.165, 1.54) is 13.2 Å². The molecule has 0 atom stereocenters. The van der Waals surface area contributed by atoms with E-state index in [-0.39, 0.29) is 9.77 Å². The Balaban J connectivity index is 1.74. The molecule has 0 aliphatic carbocycles. The van der Waals surface area contributed by atoms with Gasteiger partial charge in [-0.25, -0.2) is 13.2 Å². The molecule has 0 saturated carbocycles. The predicted octanol–water partition coefficient (Wildman–Crippen LogP) is 2.09. The molecule has 2 aromatic rings. The molecule has 0 unspecified atom stereocenters. The van der Waals surface area contributed by atoms with Crippen LogP contribution < -0.4 is 9.62 Å². The molecule has 26 heavy (non-hydrogen) atoms. The van der Waals surface area contributed by atoms with Gasteiger partial charge in [0.05, 0.1) is 7.11 Å². The van der Waals surface area contributed by atoms with Crippen molar-refractivity contribution in [2.24, 2.45) is 0 Å². The van der Waals surface area contributed by atoms with E-state index in [0.29, 0.717) is 5.69 Å². The third-order valence-corrected chi connectivity index (χ3v) is 6.72. The number of methoxy groups -OCH3 is 1. The topological polar surface area (TPSA) is 78.9 Å². The van der Waals surface area contributed by atoms with Crippen LogP contribution in [0.15, 0.2) is 40.6 Å². The first-order valence-electron chi connectivity index (χ1n) is 8.13. The first-order chi connectivity index (χ1) is 12.4. The van der Waals surface area contributed by atoms with Gasteiger partial charge >= 0.3 is 5.97 Å². The Labute approximate surface area is 157 Å². The van der Waals surface area contributed by atoms with Gasteiger partial charge in [0, 0.05) is 37.6 Å². The molecule has 140 valence electrons. The largest absolute Gasteiger partial charge is 0.465 e. The number of rotatable bonds is 5. The smallest absolute Gasteiger partial charge is 0.349 e. The summed E-state index contributed by atoms with van der Waals surface area (Å²) in [5, 5.41) is 1.55. The highest BCUT2D eigenvalue weighted by Gasteiger charge is 2.25. The van der Waals surface area contributed by atoms with Crippen molar-refractivity contribution in [3.63, 3.8) is 0 Å². The van der Waals surface area contributed by atoms with Gasteiger partial charge in [0.2, 0.25) is 0 Å². The molecule has 1 aliphatic rings. The number of benzene rings is 1. The normalized spacial score (nSPS) is 15.7. The number of hydrogen-bond acceptors (Lipinski definition) is 7. The first kappa shape index (κ1) is 18.7. The number of esters is 1. The SMILES string of the molecule is COC(=O)c1sccc1S(=O)(=O)Nc1ccc(N2CCN(C)CC2)cc1. The van der Waals surface area contributed by atoms with Crippen molar-refractivity contribution in [1.82, 2.24) is 4.90 Å². The molecule has 1 aromatic heterocycles. The van der Waals surface area contributed by atoms with Crippen LogP contribution in [-0.4, -0.2) is 59.6 Å². The number of ether oxygens (including phenoxy) is 1. The Morgan fingerprint density at radius 3 is 2.38 bits per heavy atom. The summed E-state index contributed by atoms with van der Waals surface area (Å²) in [7, 11) is -0.537. The molecule has 9 heteroatoms. The zero-order chi connectivity index (χ0) is 18.7. The minimum absolute atomic E-state index is 0.0639. The third-order valence-electron chi connectivity index (χ3n) is 4.28. The van der Waals surface area contributed by atoms with Gasteiger partial charge in [0.1, 0.15) is 9.77 Å². The Morgan fingerprint density at radius 2 is 1.77 bits per heavy atom. The first-order valence-corrected chi connectivity index (χ1v) is 10.5. The number of nitrogens with one attached hydrogen (secondary N) is 1. The number of sulfonamides is 1. The van der Waals surface area contributed by atoms with Crippen LogP contribution in [0.2, 0.25) is 0 Å². The lowest BCUT2D eigenvalue weighted by atomic mass is 10.2. The van der Waals surface area contributed by atoms with Crippen molar-refractivity contribution in [3.8, 4) is 0 Å². The van der Waals surface area contributed by atoms with Gasteiger partial charge in [-0.15, -0.1) is 11.3 Å². The average Bonchev–Trinajstić information content (AvgIpc) is 3.13. The molecule has 0 amide bonds. The molecule has 1 N–H and O–H groups in total. The molecule has 1 aromatic carbocycles. The van der Waals surface area contributed by atoms with E-state index in [9.17, 15) is 13.2 Å². The number of anilines is 2. The van der Waals surface area contributed by atoms with Crippen LogP contribution in [-0.2, 0) is 14.8 Å². The lowest BCUT2D eigenvalue weighted by Gasteiger charge is -2.34. The van der Waals surface area contributed by atoms with Gasteiger partial charge in [-0.2, -0.15) is 0 Å². The minimum Gasteiger partial charge on any atom is -0.465 e. The Bertz CT molecular complexity index is 870. The average molecular weight is 396 g/mol. The number of hydrogen-bond donors (Lipinski definition) is 1. The van der Waals surface area contributed by atoms with Crippen molar-refractivity contribution in [1.29, 1.82) is 0 Å². The maximum atomic E-state index is 12.6. The van der Waals surface area contributed by atoms with Crippen LogP contribution in [0.3, 0.4) is 0 Å². The van der Waals surface area contributed by atoms with Crippen molar-refractivity contribution in [2.45, 2.75) is 4.90 Å². The second-order valence-electron chi connectivity index (χ2n) is 6.05. The van der Waals surface area contributed by atoms with Crippen molar-refractivity contribution in [3.05, 3.63) is 40.6 Å². The molecule has 7 nitrogen and oxygen atoms in total. The Hall–Kier alpha value is -2.10. The molecule has 1 fully saturated rings. The zero-order valence-electron chi connectivity index (χ0n) is 14.6. The van der Waals surface area contributed by atoms with E-state index in [1.54, 1.807) is 17.5 Å². The van der Waals surface area contributed by atoms with Crippen molar-refractivity contribution >= 4 is 38.7 Å². The number of piperazine rings is 1. The molecule has 1 saturated heterocycles. The monoisotopic (exact) mass is 395 g/mol. The molecule has 0 bridgehead atoms. The van der Waals surface area contributed by atoms with Crippen molar-refractivity contribution < 1.29 is 17.9 Å². The van der Waals surface area contributed by atoms with Gasteiger partial charge in [-0.3, -0.25) is 4.72 Å². The fraction of sp³-hybridized carbons (Fsp3) is 0.353. The molecule has 0 radical (unpaired) electrons. The highest BCUT2D eigenvalue weighted by molar-refractivity contribution is 7.93. The van der Waals surface area contributed by atoms with E-state index in [1.807, 2.05) is 12.1 Å². The number of carbonyl (C=O) groups is 1. The number of carbonyl (C=O) groups excluding carboxylic acids is 1.